The summed E-state index contributed by atoms with van der Waals surface area (Å²) >= 11 is 0. The number of rotatable bonds is 2. The highest BCUT2D eigenvalue weighted by Crippen LogP contribution is 2.34. The SMILES string of the molecule is CC(c1cccc2ccn(C)c12)C1CCNCC1. The molecule has 1 aromatic heterocycles. The van der Waals surface area contributed by atoms with Crippen LogP contribution in [0.4, 0.5) is 0 Å². The van der Waals surface area contributed by atoms with E-state index in [4.69, 9.17) is 0 Å². The quantitative estimate of drug-likeness (QED) is 0.855. The van der Waals surface area contributed by atoms with Crippen LogP contribution in [0.5, 0.6) is 0 Å². The molecule has 1 fully saturated rings. The molecule has 1 atom stereocenters. The van der Waals surface area contributed by atoms with E-state index in [-0.39, 0.29) is 0 Å². The van der Waals surface area contributed by atoms with E-state index < -0.39 is 0 Å². The van der Waals surface area contributed by atoms with Gasteiger partial charge in [-0.1, -0.05) is 25.1 Å². The molecule has 0 spiro atoms. The molecule has 2 nitrogen and oxygen atoms in total. The van der Waals surface area contributed by atoms with Crippen LogP contribution in [-0.2, 0) is 7.05 Å². The molecule has 18 heavy (non-hydrogen) atoms. The molecule has 96 valence electrons. The van der Waals surface area contributed by atoms with Crippen molar-refractivity contribution in [2.45, 2.75) is 25.7 Å². The summed E-state index contributed by atoms with van der Waals surface area (Å²) in [7, 11) is 2.15. The highest BCUT2D eigenvalue weighted by molar-refractivity contribution is 5.83. The van der Waals surface area contributed by atoms with Gasteiger partial charge in [-0.3, -0.25) is 0 Å². The molecule has 1 aliphatic heterocycles. The molecule has 1 aromatic carbocycles. The monoisotopic (exact) mass is 242 g/mol. The Kier molecular flexibility index (Phi) is 3.13. The van der Waals surface area contributed by atoms with E-state index >= 15 is 0 Å². The van der Waals surface area contributed by atoms with Gasteiger partial charge >= 0.3 is 0 Å². The van der Waals surface area contributed by atoms with Gasteiger partial charge in [-0.05, 0) is 54.8 Å². The fourth-order valence-electron chi connectivity index (χ4n) is 3.35. The highest BCUT2D eigenvalue weighted by Gasteiger charge is 2.23. The first kappa shape index (κ1) is 11.8. The van der Waals surface area contributed by atoms with Crippen molar-refractivity contribution in [2.24, 2.45) is 13.0 Å². The zero-order chi connectivity index (χ0) is 12.5. The smallest absolute Gasteiger partial charge is 0.0513 e. The summed E-state index contributed by atoms with van der Waals surface area (Å²) in [5, 5.41) is 4.83. The maximum absolute atomic E-state index is 3.46. The van der Waals surface area contributed by atoms with Crippen molar-refractivity contribution < 1.29 is 0 Å². The van der Waals surface area contributed by atoms with Crippen molar-refractivity contribution in [1.82, 2.24) is 9.88 Å². The van der Waals surface area contributed by atoms with Gasteiger partial charge in [-0.25, -0.2) is 0 Å². The lowest BCUT2D eigenvalue weighted by molar-refractivity contribution is 0.331. The van der Waals surface area contributed by atoms with Crippen molar-refractivity contribution in [3.05, 3.63) is 36.0 Å². The van der Waals surface area contributed by atoms with Crippen LogP contribution in [0.1, 0.15) is 31.2 Å². The van der Waals surface area contributed by atoms with Crippen LogP contribution < -0.4 is 5.32 Å². The lowest BCUT2D eigenvalue weighted by atomic mass is 9.81. The Morgan fingerprint density at radius 1 is 1.22 bits per heavy atom. The number of nitrogens with zero attached hydrogens (tertiary/aromatic N) is 1. The Morgan fingerprint density at radius 2 is 2.00 bits per heavy atom. The summed E-state index contributed by atoms with van der Waals surface area (Å²) in [6.07, 6.45) is 4.78. The second kappa shape index (κ2) is 4.77. The third kappa shape index (κ3) is 1.95. The Bertz CT molecular complexity index is 535. The molecule has 1 N–H and O–H groups in total. The number of nitrogens with one attached hydrogen (secondary N) is 1. The molecule has 2 heteroatoms. The van der Waals surface area contributed by atoms with Crippen LogP contribution in [0, 0.1) is 5.92 Å². The first-order chi connectivity index (χ1) is 8.77. The minimum atomic E-state index is 0.657. The fraction of sp³-hybridized carbons (Fsp3) is 0.500. The Balaban J connectivity index is 1.99. The van der Waals surface area contributed by atoms with Crippen molar-refractivity contribution in [3.8, 4) is 0 Å². The van der Waals surface area contributed by atoms with Gasteiger partial charge in [-0.15, -0.1) is 0 Å². The molecule has 2 aromatic rings. The predicted molar refractivity (Wildman–Crippen MR) is 76.9 cm³/mol. The van der Waals surface area contributed by atoms with Gasteiger partial charge in [0.25, 0.3) is 0 Å². The molecule has 0 radical (unpaired) electrons. The zero-order valence-electron chi connectivity index (χ0n) is 11.3. The van der Waals surface area contributed by atoms with Crippen molar-refractivity contribution in [1.29, 1.82) is 0 Å². The average Bonchev–Trinajstić information content (AvgIpc) is 2.81. The zero-order valence-corrected chi connectivity index (χ0v) is 11.3. The second-order valence-electron chi connectivity index (χ2n) is 5.59. The van der Waals surface area contributed by atoms with E-state index in [1.807, 2.05) is 0 Å². The number of aromatic nitrogens is 1. The molecule has 1 aliphatic rings. The van der Waals surface area contributed by atoms with E-state index in [0.29, 0.717) is 5.92 Å². The maximum Gasteiger partial charge on any atom is 0.0513 e. The average molecular weight is 242 g/mol. The number of fused-ring (bicyclic) bond motifs is 1. The van der Waals surface area contributed by atoms with E-state index in [1.54, 1.807) is 0 Å². The van der Waals surface area contributed by atoms with E-state index in [9.17, 15) is 0 Å². The summed E-state index contributed by atoms with van der Waals surface area (Å²) < 4.78 is 2.27. The minimum absolute atomic E-state index is 0.657. The maximum atomic E-state index is 3.46. The number of benzene rings is 1. The minimum Gasteiger partial charge on any atom is -0.350 e. The molecule has 0 saturated carbocycles. The van der Waals surface area contributed by atoms with Crippen LogP contribution in [0.25, 0.3) is 10.9 Å². The summed E-state index contributed by atoms with van der Waals surface area (Å²) in [6.45, 7) is 4.76. The number of para-hydroxylation sites is 1. The van der Waals surface area contributed by atoms with E-state index in [1.165, 1.54) is 42.4 Å². The lowest BCUT2D eigenvalue weighted by Gasteiger charge is -2.29. The van der Waals surface area contributed by atoms with E-state index in [2.05, 4.69) is 54.3 Å². The molecule has 3 rings (SSSR count). The molecule has 0 bridgehead atoms. The third-order valence-electron chi connectivity index (χ3n) is 4.51. The topological polar surface area (TPSA) is 17.0 Å². The first-order valence-corrected chi connectivity index (χ1v) is 7.02. The fourth-order valence-corrected chi connectivity index (χ4v) is 3.35. The van der Waals surface area contributed by atoms with Gasteiger partial charge in [0.15, 0.2) is 0 Å². The normalized spacial score (nSPS) is 19.2. The number of hydrogen-bond acceptors (Lipinski definition) is 1. The van der Waals surface area contributed by atoms with Gasteiger partial charge in [0, 0.05) is 13.2 Å². The summed E-state index contributed by atoms with van der Waals surface area (Å²) in [6, 6.07) is 8.95. The van der Waals surface area contributed by atoms with Gasteiger partial charge in [0.05, 0.1) is 5.52 Å². The Labute approximate surface area is 109 Å². The number of aryl methyl sites for hydroxylation is 1. The molecular weight excluding hydrogens is 220 g/mol. The summed E-state index contributed by atoms with van der Waals surface area (Å²) in [5.41, 5.74) is 2.94. The predicted octanol–water partition coefficient (Wildman–Crippen LogP) is 3.28. The van der Waals surface area contributed by atoms with Crippen LogP contribution >= 0.6 is 0 Å². The lowest BCUT2D eigenvalue weighted by Crippen LogP contribution is -2.30. The van der Waals surface area contributed by atoms with Crippen molar-refractivity contribution in [2.75, 3.05) is 13.1 Å². The first-order valence-electron chi connectivity index (χ1n) is 7.02. The molecule has 0 aliphatic carbocycles. The Morgan fingerprint density at radius 3 is 2.78 bits per heavy atom. The standard InChI is InChI=1S/C16H22N2/c1-12(13-6-9-17-10-7-13)15-5-3-4-14-8-11-18(2)16(14)15/h3-5,8,11-13,17H,6-7,9-10H2,1-2H3. The third-order valence-corrected chi connectivity index (χ3v) is 4.51. The van der Waals surface area contributed by atoms with Gasteiger partial charge in [-0.2, -0.15) is 0 Å². The van der Waals surface area contributed by atoms with Crippen molar-refractivity contribution in [3.63, 3.8) is 0 Å². The van der Waals surface area contributed by atoms with Crippen LogP contribution in [-0.4, -0.2) is 17.7 Å². The molecule has 0 amide bonds. The van der Waals surface area contributed by atoms with Gasteiger partial charge < -0.3 is 9.88 Å². The summed E-state index contributed by atoms with van der Waals surface area (Å²) in [5.74, 6) is 1.48. The second-order valence-corrected chi connectivity index (χ2v) is 5.59. The molecule has 2 heterocycles. The molecular formula is C16H22N2. The van der Waals surface area contributed by atoms with Crippen LogP contribution in [0.3, 0.4) is 0 Å². The Hall–Kier alpha value is -1.28. The van der Waals surface area contributed by atoms with Gasteiger partial charge in [0.1, 0.15) is 0 Å². The number of piperidine rings is 1. The summed E-state index contributed by atoms with van der Waals surface area (Å²) in [4.78, 5) is 0. The van der Waals surface area contributed by atoms with E-state index in [0.717, 1.165) is 5.92 Å². The van der Waals surface area contributed by atoms with Gasteiger partial charge in [0.2, 0.25) is 0 Å². The highest BCUT2D eigenvalue weighted by atomic mass is 14.9. The van der Waals surface area contributed by atoms with Crippen molar-refractivity contribution >= 4 is 10.9 Å². The van der Waals surface area contributed by atoms with Crippen LogP contribution in [0.2, 0.25) is 0 Å². The molecule has 1 unspecified atom stereocenters. The largest absolute Gasteiger partial charge is 0.350 e. The molecule has 1 saturated heterocycles. The van der Waals surface area contributed by atoms with Crippen LogP contribution in [0.15, 0.2) is 30.5 Å². The number of hydrogen-bond donors (Lipinski definition) is 1.